The van der Waals surface area contributed by atoms with Crippen LogP contribution in [0.1, 0.15) is 60.7 Å². The minimum atomic E-state index is 0.0292. The highest BCUT2D eigenvalue weighted by atomic mass is 16.3. The van der Waals surface area contributed by atoms with Crippen LogP contribution >= 0.6 is 0 Å². The summed E-state index contributed by atoms with van der Waals surface area (Å²) >= 11 is 0. The highest BCUT2D eigenvalue weighted by Gasteiger charge is 2.26. The number of rotatable bonds is 5. The molecule has 1 fully saturated rings. The minimum absolute atomic E-state index is 0.0292. The van der Waals surface area contributed by atoms with Crippen LogP contribution in [-0.2, 0) is 19.5 Å². The van der Waals surface area contributed by atoms with Crippen LogP contribution in [0.25, 0.3) is 17.1 Å². The Bertz CT molecular complexity index is 1320. The van der Waals surface area contributed by atoms with Crippen molar-refractivity contribution in [3.05, 3.63) is 87.9 Å². The summed E-state index contributed by atoms with van der Waals surface area (Å²) in [6.45, 7) is 2.14. The van der Waals surface area contributed by atoms with Crippen LogP contribution in [0.5, 0.6) is 0 Å². The van der Waals surface area contributed by atoms with Crippen molar-refractivity contribution < 1.29 is 4.42 Å². The van der Waals surface area contributed by atoms with Gasteiger partial charge in [0.2, 0.25) is 0 Å². The third kappa shape index (κ3) is 4.12. The molecule has 0 saturated heterocycles. The Balaban J connectivity index is 1.26. The normalized spacial score (nSPS) is 17.1. The number of H-pyrrole nitrogens is 1. The number of hydrogen-bond donors (Lipinski definition) is 1. The van der Waals surface area contributed by atoms with Crippen LogP contribution in [0.15, 0.2) is 64.1 Å². The Morgan fingerprint density at radius 3 is 2.71 bits per heavy atom. The van der Waals surface area contributed by atoms with Crippen molar-refractivity contribution >= 4 is 0 Å². The molecule has 0 spiro atoms. The Morgan fingerprint density at radius 2 is 1.91 bits per heavy atom. The van der Waals surface area contributed by atoms with Gasteiger partial charge in [-0.3, -0.25) is 9.69 Å². The second-order valence-corrected chi connectivity index (χ2v) is 9.43. The van der Waals surface area contributed by atoms with Crippen LogP contribution in [0.2, 0.25) is 0 Å². The molecule has 7 heteroatoms. The van der Waals surface area contributed by atoms with E-state index in [9.17, 15) is 4.79 Å². The molecule has 3 aromatic heterocycles. The van der Waals surface area contributed by atoms with E-state index in [0.29, 0.717) is 19.0 Å². The van der Waals surface area contributed by atoms with Crippen LogP contribution < -0.4 is 5.56 Å². The van der Waals surface area contributed by atoms with E-state index in [1.165, 1.54) is 19.3 Å². The molecule has 0 radical (unpaired) electrons. The van der Waals surface area contributed by atoms with Gasteiger partial charge in [-0.15, -0.1) is 0 Å². The highest BCUT2D eigenvalue weighted by Crippen LogP contribution is 2.31. The predicted molar refractivity (Wildman–Crippen MR) is 130 cm³/mol. The Hall–Kier alpha value is -3.45. The quantitative estimate of drug-likeness (QED) is 0.467. The summed E-state index contributed by atoms with van der Waals surface area (Å²) in [6.07, 6.45) is 10.6. The van der Waals surface area contributed by atoms with Gasteiger partial charge in [0, 0.05) is 43.7 Å². The van der Waals surface area contributed by atoms with Gasteiger partial charge in [0.25, 0.3) is 5.56 Å². The van der Waals surface area contributed by atoms with Gasteiger partial charge in [0.05, 0.1) is 23.2 Å². The van der Waals surface area contributed by atoms with Gasteiger partial charge in [0.1, 0.15) is 11.5 Å². The van der Waals surface area contributed by atoms with Gasteiger partial charge in [-0.2, -0.15) is 5.10 Å². The van der Waals surface area contributed by atoms with Crippen molar-refractivity contribution in [1.29, 1.82) is 0 Å². The fourth-order valence-corrected chi connectivity index (χ4v) is 5.30. The van der Waals surface area contributed by atoms with Gasteiger partial charge in [0.15, 0.2) is 5.76 Å². The fraction of sp³-hybridized carbons (Fsp3) is 0.370. The van der Waals surface area contributed by atoms with E-state index in [2.05, 4.69) is 16.1 Å². The molecule has 0 unspecified atom stereocenters. The molecule has 1 aliphatic heterocycles. The fourth-order valence-electron chi connectivity index (χ4n) is 5.30. The molecule has 34 heavy (non-hydrogen) atoms. The first-order chi connectivity index (χ1) is 16.7. The van der Waals surface area contributed by atoms with E-state index >= 15 is 0 Å². The molecule has 174 valence electrons. The van der Waals surface area contributed by atoms with Crippen molar-refractivity contribution in [2.24, 2.45) is 0 Å². The number of fused-ring (bicyclic) bond motifs is 1. The molecule has 6 rings (SSSR count). The zero-order valence-electron chi connectivity index (χ0n) is 19.2. The van der Waals surface area contributed by atoms with E-state index in [-0.39, 0.29) is 5.56 Å². The average molecular weight is 456 g/mol. The van der Waals surface area contributed by atoms with Crippen molar-refractivity contribution in [3.63, 3.8) is 0 Å². The zero-order valence-corrected chi connectivity index (χ0v) is 19.2. The number of nitrogens with zero attached hydrogens (tertiary/aromatic N) is 4. The molecular formula is C27H29N5O2. The number of aromatic nitrogens is 4. The lowest BCUT2D eigenvalue weighted by molar-refractivity contribution is 0.241. The van der Waals surface area contributed by atoms with Crippen molar-refractivity contribution in [3.8, 4) is 17.1 Å². The van der Waals surface area contributed by atoms with Crippen LogP contribution in [0, 0.1) is 0 Å². The molecule has 0 amide bonds. The zero-order chi connectivity index (χ0) is 22.9. The van der Waals surface area contributed by atoms with Crippen molar-refractivity contribution in [2.45, 2.75) is 57.5 Å². The van der Waals surface area contributed by atoms with Crippen LogP contribution in [0.3, 0.4) is 0 Å². The molecule has 4 aromatic rings. The van der Waals surface area contributed by atoms with E-state index < -0.39 is 0 Å². The summed E-state index contributed by atoms with van der Waals surface area (Å²) in [6, 6.07) is 13.9. The second-order valence-electron chi connectivity index (χ2n) is 9.43. The third-order valence-corrected chi connectivity index (χ3v) is 7.12. The van der Waals surface area contributed by atoms with Crippen LogP contribution in [-0.4, -0.2) is 31.2 Å². The smallest absolute Gasteiger partial charge is 0.255 e. The maximum atomic E-state index is 13.0. The monoisotopic (exact) mass is 455 g/mol. The molecule has 1 aromatic carbocycles. The van der Waals surface area contributed by atoms with E-state index in [1.54, 1.807) is 6.26 Å². The lowest BCUT2D eigenvalue weighted by Crippen LogP contribution is -2.36. The maximum absolute atomic E-state index is 13.0. The number of benzene rings is 1. The lowest BCUT2D eigenvalue weighted by Gasteiger charge is -2.28. The Kier molecular flexibility index (Phi) is 5.63. The Morgan fingerprint density at radius 1 is 1.06 bits per heavy atom. The topological polar surface area (TPSA) is 80.0 Å². The number of hydrogen-bond acceptors (Lipinski definition) is 5. The van der Waals surface area contributed by atoms with E-state index in [1.807, 2.05) is 47.1 Å². The molecule has 7 nitrogen and oxygen atoms in total. The summed E-state index contributed by atoms with van der Waals surface area (Å²) in [4.78, 5) is 23.4. The average Bonchev–Trinajstić information content (AvgIpc) is 3.56. The maximum Gasteiger partial charge on any atom is 0.255 e. The van der Waals surface area contributed by atoms with Gasteiger partial charge in [-0.1, -0.05) is 37.5 Å². The number of aromatic amines is 1. The van der Waals surface area contributed by atoms with Gasteiger partial charge >= 0.3 is 0 Å². The Labute approximate surface area is 198 Å². The molecule has 1 saturated carbocycles. The minimum Gasteiger partial charge on any atom is -0.463 e. The number of furan rings is 1. The highest BCUT2D eigenvalue weighted by molar-refractivity contribution is 5.57. The van der Waals surface area contributed by atoms with Crippen molar-refractivity contribution in [2.75, 3.05) is 6.54 Å². The molecule has 0 bridgehead atoms. The second kappa shape index (κ2) is 9.06. The van der Waals surface area contributed by atoms with Crippen LogP contribution in [0.4, 0.5) is 0 Å². The number of nitrogens with one attached hydrogen (secondary N) is 1. The first-order valence-electron chi connectivity index (χ1n) is 12.3. The molecular weight excluding hydrogens is 426 g/mol. The first kappa shape index (κ1) is 21.1. The summed E-state index contributed by atoms with van der Waals surface area (Å²) in [5.74, 6) is 2.06. The largest absolute Gasteiger partial charge is 0.463 e. The lowest BCUT2D eigenvalue weighted by atomic mass is 9.88. The predicted octanol–water partition coefficient (Wildman–Crippen LogP) is 4.82. The molecule has 2 aliphatic rings. The molecule has 1 aliphatic carbocycles. The van der Waals surface area contributed by atoms with Gasteiger partial charge < -0.3 is 9.40 Å². The standard InChI is InChI=1S/C27H29N5O2/c33-27-22-18-31(14-13-23(22)28-26(29-27)19-8-3-1-4-9-19)16-20-17-32(21-10-5-2-6-11-21)30-25(20)24-12-7-15-34-24/h2,5-7,10-12,15,17,19H,1,3-4,8-9,13-14,16,18H2,(H,28,29,33). The molecule has 1 N–H and O–H groups in total. The van der Waals surface area contributed by atoms with E-state index in [0.717, 1.165) is 65.6 Å². The van der Waals surface area contributed by atoms with Crippen molar-refractivity contribution in [1.82, 2.24) is 24.6 Å². The summed E-state index contributed by atoms with van der Waals surface area (Å²) < 4.78 is 7.58. The SMILES string of the molecule is O=c1[nH]c(C2CCCCC2)nc2c1CN(Cc1cn(-c3ccccc3)nc1-c1ccco1)CC2. The molecule has 0 atom stereocenters. The molecule has 4 heterocycles. The summed E-state index contributed by atoms with van der Waals surface area (Å²) in [5, 5.41) is 4.83. The number of para-hydroxylation sites is 1. The summed E-state index contributed by atoms with van der Waals surface area (Å²) in [5.41, 5.74) is 4.72. The third-order valence-electron chi connectivity index (χ3n) is 7.12. The summed E-state index contributed by atoms with van der Waals surface area (Å²) in [7, 11) is 0. The van der Waals surface area contributed by atoms with Gasteiger partial charge in [-0.25, -0.2) is 9.67 Å². The van der Waals surface area contributed by atoms with E-state index in [4.69, 9.17) is 14.5 Å². The van der Waals surface area contributed by atoms with Gasteiger partial charge in [-0.05, 0) is 37.1 Å². The first-order valence-corrected chi connectivity index (χ1v) is 12.3.